The van der Waals surface area contributed by atoms with Crippen LogP contribution in [0.3, 0.4) is 0 Å². The topological polar surface area (TPSA) is 68.3 Å². The monoisotopic (exact) mass is 266 g/mol. The van der Waals surface area contributed by atoms with Crippen molar-refractivity contribution in [3.05, 3.63) is 0 Å². The maximum absolute atomic E-state index is 11.4. The zero-order chi connectivity index (χ0) is 12.5. The Morgan fingerprint density at radius 3 is 1.88 bits per heavy atom. The van der Waals surface area contributed by atoms with E-state index in [9.17, 15) is 19.2 Å². The van der Waals surface area contributed by atoms with Crippen molar-refractivity contribution in [3.63, 3.8) is 0 Å². The summed E-state index contributed by atoms with van der Waals surface area (Å²) in [6.07, 6.45) is 0.552. The molecule has 0 aromatic rings. The molecule has 1 atom stereocenters. The van der Waals surface area contributed by atoms with E-state index in [1.165, 1.54) is 0 Å². The van der Waals surface area contributed by atoms with E-state index < -0.39 is 19.2 Å². The third-order valence-corrected chi connectivity index (χ3v) is 17.4. The van der Waals surface area contributed by atoms with E-state index in [4.69, 9.17) is 0 Å². The smallest absolute Gasteiger partial charge is 0.166 e. The molecule has 0 aliphatic carbocycles. The molecule has 1 aliphatic rings. The molecule has 1 fully saturated rings. The van der Waals surface area contributed by atoms with Crippen molar-refractivity contribution in [1.29, 1.82) is 0 Å². The number of rotatable bonds is 6. The summed E-state index contributed by atoms with van der Waals surface area (Å²) in [5.74, 6) is 0.480. The summed E-state index contributed by atoms with van der Waals surface area (Å²) in [7, 11) is -5.12. The molecule has 0 N–H and O–H groups in total. The molecule has 16 heavy (non-hydrogen) atoms. The van der Waals surface area contributed by atoms with Crippen molar-refractivity contribution in [1.82, 2.24) is 0 Å². The minimum atomic E-state index is -3.08. The van der Waals surface area contributed by atoms with Gasteiger partial charge in [-0.25, -0.2) is 0 Å². The molecule has 0 amide bonds. The minimum Gasteiger partial charge on any atom is -0.294 e. The zero-order valence-corrected chi connectivity index (χ0v) is 11.2. The highest BCUT2D eigenvalue weighted by Crippen LogP contribution is 2.91. The second-order valence-electron chi connectivity index (χ2n) is 4.39. The van der Waals surface area contributed by atoms with Crippen molar-refractivity contribution in [3.8, 4) is 0 Å². The average Bonchev–Trinajstić information content (AvgIpc) is 2.33. The van der Waals surface area contributed by atoms with Gasteiger partial charge >= 0.3 is 0 Å². The molecule has 0 bridgehead atoms. The van der Waals surface area contributed by atoms with Crippen LogP contribution in [0.4, 0.5) is 0 Å². The number of carbonyl (C=O) groups excluding carboxylic acids is 4. The fourth-order valence-electron chi connectivity index (χ4n) is 2.79. The molecule has 1 heterocycles. The van der Waals surface area contributed by atoms with Gasteiger partial charge in [0.15, 0.2) is 22.5 Å². The predicted octanol–water partition coefficient (Wildman–Crippen LogP) is 1.35. The van der Waals surface area contributed by atoms with Gasteiger partial charge in [0.25, 0.3) is 0 Å². The summed E-state index contributed by atoms with van der Waals surface area (Å²) in [4.78, 5) is 44.9. The molecule has 0 saturated carbocycles. The molecule has 0 spiro atoms. The first kappa shape index (κ1) is 13.4. The van der Waals surface area contributed by atoms with Gasteiger partial charge in [-0.1, -0.05) is 13.8 Å². The normalized spacial score (nSPS) is 33.1. The summed E-state index contributed by atoms with van der Waals surface area (Å²) in [6, 6.07) is 0. The predicted molar refractivity (Wildman–Crippen MR) is 73.1 cm³/mol. The number of thiol groups is 1. The lowest BCUT2D eigenvalue weighted by Crippen LogP contribution is -2.53. The Kier molecular flexibility index (Phi) is 3.36. The first-order chi connectivity index (χ1) is 7.52. The van der Waals surface area contributed by atoms with E-state index in [2.05, 4.69) is 0 Å². The molecule has 0 aromatic carbocycles. The van der Waals surface area contributed by atoms with Gasteiger partial charge in [-0.05, 0) is 12.2 Å². The van der Waals surface area contributed by atoms with Crippen LogP contribution < -0.4 is 0 Å². The SMILES string of the molecule is CCC1S(C=O)(C=O)C[SH]1(C=O)(C=O)CC. The van der Waals surface area contributed by atoms with Crippen LogP contribution in [0, 0.1) is 0 Å². The van der Waals surface area contributed by atoms with Crippen LogP contribution in [0.15, 0.2) is 0 Å². The molecule has 1 aliphatic heterocycles. The average molecular weight is 266 g/mol. The highest BCUT2D eigenvalue weighted by Gasteiger charge is 2.65. The van der Waals surface area contributed by atoms with E-state index in [1.54, 1.807) is 0 Å². The van der Waals surface area contributed by atoms with Crippen LogP contribution in [0.2, 0.25) is 0 Å². The molecule has 4 nitrogen and oxygen atoms in total. The lowest BCUT2D eigenvalue weighted by atomic mass is 10.6. The maximum atomic E-state index is 11.4. The molecular weight excluding hydrogens is 248 g/mol. The molecule has 1 rings (SSSR count). The van der Waals surface area contributed by atoms with E-state index in [1.807, 2.05) is 13.8 Å². The number of hydrogen-bond acceptors (Lipinski definition) is 4. The van der Waals surface area contributed by atoms with Gasteiger partial charge in [0.05, 0.1) is 0 Å². The van der Waals surface area contributed by atoms with Gasteiger partial charge < -0.3 is 0 Å². The number of hydrogen-bond donors (Lipinski definition) is 1. The molecule has 0 aromatic heterocycles. The van der Waals surface area contributed by atoms with E-state index in [0.29, 0.717) is 23.4 Å². The Morgan fingerprint density at radius 2 is 1.62 bits per heavy atom. The van der Waals surface area contributed by atoms with Crippen molar-refractivity contribution in [2.45, 2.75) is 24.9 Å². The number of carbonyl (C=O) groups is 4. The van der Waals surface area contributed by atoms with Gasteiger partial charge in [-0.3, -0.25) is 19.2 Å². The van der Waals surface area contributed by atoms with Crippen molar-refractivity contribution in [2.75, 3.05) is 10.8 Å². The third-order valence-electron chi connectivity index (χ3n) is 3.81. The Hall–Kier alpha value is -0.620. The van der Waals surface area contributed by atoms with E-state index >= 15 is 0 Å². The van der Waals surface area contributed by atoms with Crippen molar-refractivity contribution >= 4 is 41.7 Å². The largest absolute Gasteiger partial charge is 0.294 e. The van der Waals surface area contributed by atoms with Crippen molar-refractivity contribution < 1.29 is 19.2 Å². The molecule has 6 heteroatoms. The van der Waals surface area contributed by atoms with Crippen LogP contribution in [0.5, 0.6) is 0 Å². The van der Waals surface area contributed by atoms with Gasteiger partial charge in [-0.2, -0.15) is 9.16 Å². The lowest BCUT2D eigenvalue weighted by Gasteiger charge is -2.73. The molecule has 1 unspecified atom stereocenters. The van der Waals surface area contributed by atoms with Crippen LogP contribution in [-0.4, -0.2) is 37.9 Å². The molecular formula is C10H18O4S2. The summed E-state index contributed by atoms with van der Waals surface area (Å²) < 4.78 is -0.298. The second-order valence-corrected chi connectivity index (χ2v) is 13.7. The maximum Gasteiger partial charge on any atom is 0.166 e. The minimum absolute atomic E-state index is 0.230. The van der Waals surface area contributed by atoms with Gasteiger partial charge in [0.2, 0.25) is 0 Å². The summed E-state index contributed by atoms with van der Waals surface area (Å²) in [5, 5.41) is 0.230. The van der Waals surface area contributed by atoms with Gasteiger partial charge in [0.1, 0.15) is 0 Å². The van der Waals surface area contributed by atoms with Gasteiger partial charge in [-0.15, -0.1) is 10.0 Å². The Labute approximate surface area is 96.8 Å². The van der Waals surface area contributed by atoms with E-state index in [-0.39, 0.29) is 9.67 Å². The highest BCUT2D eigenvalue weighted by atomic mass is 32.4. The molecule has 1 saturated heterocycles. The third kappa shape index (κ3) is 1.26. The standard InChI is InChI=1S/C10H18O4S2/c1-3-10-15(5-11,6-12)9-16(10,4-2,7-13)8-14/h5-8,10,16H,3-4,9H2,1-2H3. The quantitative estimate of drug-likeness (QED) is 0.582. The summed E-state index contributed by atoms with van der Waals surface area (Å²) >= 11 is 0. The van der Waals surface area contributed by atoms with Gasteiger partial charge in [0, 0.05) is 9.67 Å². The van der Waals surface area contributed by atoms with Crippen LogP contribution in [-0.2, 0) is 19.2 Å². The molecule has 0 radical (unpaired) electrons. The van der Waals surface area contributed by atoms with Crippen LogP contribution >= 0.6 is 19.2 Å². The Bertz CT molecular complexity index is 337. The fourth-order valence-corrected chi connectivity index (χ4v) is 17.5. The lowest BCUT2D eigenvalue weighted by molar-refractivity contribution is 0.563. The Balaban J connectivity index is 3.32. The summed E-state index contributed by atoms with van der Waals surface area (Å²) in [5.41, 5.74) is 2.96. The molecule has 94 valence electrons. The van der Waals surface area contributed by atoms with E-state index in [0.717, 1.165) is 11.2 Å². The zero-order valence-electron chi connectivity index (χ0n) is 9.50. The summed E-state index contributed by atoms with van der Waals surface area (Å²) in [6.45, 7) is 3.64. The highest BCUT2D eigenvalue weighted by molar-refractivity contribution is 8.88. The van der Waals surface area contributed by atoms with Crippen molar-refractivity contribution in [2.24, 2.45) is 0 Å². The fraction of sp³-hybridized carbons (Fsp3) is 0.600. The first-order valence-corrected chi connectivity index (χ1v) is 9.97. The first-order valence-electron chi connectivity index (χ1n) is 5.17. The Morgan fingerprint density at radius 1 is 1.12 bits per heavy atom. The van der Waals surface area contributed by atoms with Crippen LogP contribution in [0.25, 0.3) is 0 Å². The second kappa shape index (κ2) is 4.00. The van der Waals surface area contributed by atoms with Crippen LogP contribution in [0.1, 0.15) is 20.3 Å².